The lowest BCUT2D eigenvalue weighted by Gasteiger charge is -2.06. The van der Waals surface area contributed by atoms with Gasteiger partial charge in [0.05, 0.1) is 5.02 Å². The van der Waals surface area contributed by atoms with Gasteiger partial charge >= 0.3 is 0 Å². The Morgan fingerprint density at radius 3 is 2.74 bits per heavy atom. The molecule has 1 aromatic carbocycles. The normalized spacial score (nSPS) is 10.3. The second-order valence-electron chi connectivity index (χ2n) is 3.98. The van der Waals surface area contributed by atoms with Crippen molar-refractivity contribution >= 4 is 39.1 Å². The number of benzene rings is 1. The number of H-pyrrole nitrogens is 1. The molecule has 98 valence electrons. The minimum atomic E-state index is -0.473. The molecule has 2 N–H and O–H groups in total. The van der Waals surface area contributed by atoms with E-state index in [4.69, 9.17) is 11.6 Å². The van der Waals surface area contributed by atoms with E-state index in [1.165, 1.54) is 12.3 Å². The molecule has 0 saturated heterocycles. The quantitative estimate of drug-likeness (QED) is 0.880. The zero-order valence-corrected chi connectivity index (χ0v) is 12.3. The molecule has 1 heterocycles. The molecule has 19 heavy (non-hydrogen) atoms. The van der Waals surface area contributed by atoms with E-state index in [1.807, 2.05) is 0 Å². The Balaban J connectivity index is 2.25. The van der Waals surface area contributed by atoms with Gasteiger partial charge in [0.15, 0.2) is 5.43 Å². The van der Waals surface area contributed by atoms with Gasteiger partial charge in [-0.15, -0.1) is 0 Å². The van der Waals surface area contributed by atoms with E-state index in [1.54, 1.807) is 25.1 Å². The fourth-order valence-corrected chi connectivity index (χ4v) is 1.95. The molecule has 0 fully saturated rings. The van der Waals surface area contributed by atoms with E-state index in [9.17, 15) is 9.59 Å². The molecule has 0 bridgehead atoms. The van der Waals surface area contributed by atoms with Gasteiger partial charge in [-0.2, -0.15) is 0 Å². The number of hydrogen-bond donors (Lipinski definition) is 2. The molecular formula is C13H10BrClN2O2. The van der Waals surface area contributed by atoms with Gasteiger partial charge in [-0.25, -0.2) is 0 Å². The monoisotopic (exact) mass is 340 g/mol. The Kier molecular flexibility index (Phi) is 4.07. The molecule has 0 aliphatic rings. The third kappa shape index (κ3) is 3.24. The van der Waals surface area contributed by atoms with E-state index in [-0.39, 0.29) is 11.0 Å². The van der Waals surface area contributed by atoms with Crippen LogP contribution in [0.15, 0.2) is 39.7 Å². The number of halogens is 2. The van der Waals surface area contributed by atoms with Crippen LogP contribution in [0.2, 0.25) is 5.02 Å². The molecule has 0 unspecified atom stereocenters. The van der Waals surface area contributed by atoms with Crippen molar-refractivity contribution in [2.24, 2.45) is 0 Å². The first kappa shape index (κ1) is 13.8. The van der Waals surface area contributed by atoms with Crippen molar-refractivity contribution in [1.82, 2.24) is 4.98 Å². The van der Waals surface area contributed by atoms with Crippen LogP contribution in [0.5, 0.6) is 0 Å². The van der Waals surface area contributed by atoms with Crippen LogP contribution in [0.1, 0.15) is 16.1 Å². The smallest absolute Gasteiger partial charge is 0.261 e. The fourth-order valence-electron chi connectivity index (χ4n) is 1.52. The molecule has 6 heteroatoms. The number of pyridine rings is 1. The molecule has 0 aliphatic carbocycles. The van der Waals surface area contributed by atoms with Crippen molar-refractivity contribution in [1.29, 1.82) is 0 Å². The van der Waals surface area contributed by atoms with Crippen LogP contribution in [0.4, 0.5) is 5.69 Å². The summed E-state index contributed by atoms with van der Waals surface area (Å²) in [7, 11) is 0. The molecular weight excluding hydrogens is 332 g/mol. The summed E-state index contributed by atoms with van der Waals surface area (Å²) in [5.74, 6) is -0.473. The maximum atomic E-state index is 12.0. The lowest BCUT2D eigenvalue weighted by Crippen LogP contribution is -2.21. The number of carbonyl (C=O) groups is 1. The Bertz CT molecular complexity index is 697. The number of rotatable bonds is 2. The largest absolute Gasteiger partial charge is 0.364 e. The van der Waals surface area contributed by atoms with Crippen molar-refractivity contribution < 1.29 is 4.79 Å². The van der Waals surface area contributed by atoms with Crippen LogP contribution < -0.4 is 10.7 Å². The summed E-state index contributed by atoms with van der Waals surface area (Å²) in [6.07, 6.45) is 1.40. The molecule has 0 spiro atoms. The molecule has 2 rings (SSSR count). The molecule has 4 nitrogen and oxygen atoms in total. The summed E-state index contributed by atoms with van der Waals surface area (Å²) in [5.41, 5.74) is 0.966. The molecule has 0 radical (unpaired) electrons. The summed E-state index contributed by atoms with van der Waals surface area (Å²) < 4.78 is 0.736. The van der Waals surface area contributed by atoms with E-state index < -0.39 is 5.91 Å². The number of nitrogens with one attached hydrogen (secondary N) is 2. The molecule has 2 aromatic rings. The zero-order valence-electron chi connectivity index (χ0n) is 9.96. The molecule has 0 saturated carbocycles. The maximum Gasteiger partial charge on any atom is 0.261 e. The van der Waals surface area contributed by atoms with Gasteiger partial charge < -0.3 is 10.3 Å². The fraction of sp³-hybridized carbons (Fsp3) is 0.0769. The van der Waals surface area contributed by atoms with Crippen LogP contribution in [-0.4, -0.2) is 10.9 Å². The number of hydrogen-bond acceptors (Lipinski definition) is 2. The van der Waals surface area contributed by atoms with Crippen molar-refractivity contribution in [2.75, 3.05) is 5.32 Å². The van der Waals surface area contributed by atoms with Gasteiger partial charge in [0.2, 0.25) is 0 Å². The highest BCUT2D eigenvalue weighted by atomic mass is 79.9. The van der Waals surface area contributed by atoms with Gasteiger partial charge in [0.25, 0.3) is 5.91 Å². The standard InChI is InChI=1S/C13H10BrClN2O2/c1-7-4-12(18)9(6-16-7)13(19)17-8-2-3-10(14)11(15)5-8/h2-6H,1H3,(H,16,18)(H,17,19). The van der Waals surface area contributed by atoms with E-state index in [2.05, 4.69) is 26.2 Å². The van der Waals surface area contributed by atoms with Gasteiger partial charge in [-0.1, -0.05) is 11.6 Å². The Morgan fingerprint density at radius 1 is 1.37 bits per heavy atom. The number of amides is 1. The van der Waals surface area contributed by atoms with Gasteiger partial charge in [0.1, 0.15) is 5.56 Å². The summed E-state index contributed by atoms with van der Waals surface area (Å²) in [6.45, 7) is 1.75. The van der Waals surface area contributed by atoms with Gasteiger partial charge in [-0.3, -0.25) is 9.59 Å². The maximum absolute atomic E-state index is 12.0. The summed E-state index contributed by atoms with van der Waals surface area (Å²) in [5, 5.41) is 3.10. The molecule has 1 aromatic heterocycles. The number of aromatic nitrogens is 1. The number of aryl methyl sites for hydroxylation is 1. The predicted molar refractivity (Wildman–Crippen MR) is 78.9 cm³/mol. The van der Waals surface area contributed by atoms with Crippen molar-refractivity contribution in [3.05, 3.63) is 61.4 Å². The Hall–Kier alpha value is -1.59. The minimum Gasteiger partial charge on any atom is -0.364 e. The second-order valence-corrected chi connectivity index (χ2v) is 5.24. The van der Waals surface area contributed by atoms with Crippen LogP contribution >= 0.6 is 27.5 Å². The summed E-state index contributed by atoms with van der Waals surface area (Å²) >= 11 is 9.19. The summed E-state index contributed by atoms with van der Waals surface area (Å²) in [4.78, 5) is 26.5. The highest BCUT2D eigenvalue weighted by Gasteiger charge is 2.11. The molecule has 1 amide bonds. The van der Waals surface area contributed by atoms with E-state index >= 15 is 0 Å². The zero-order chi connectivity index (χ0) is 14.0. The van der Waals surface area contributed by atoms with Crippen molar-refractivity contribution in [3.8, 4) is 0 Å². The number of aromatic amines is 1. The first-order chi connectivity index (χ1) is 8.97. The Morgan fingerprint density at radius 2 is 2.11 bits per heavy atom. The van der Waals surface area contributed by atoms with Crippen molar-refractivity contribution in [2.45, 2.75) is 6.92 Å². The topological polar surface area (TPSA) is 62.0 Å². The van der Waals surface area contributed by atoms with Crippen LogP contribution in [-0.2, 0) is 0 Å². The number of carbonyl (C=O) groups excluding carboxylic acids is 1. The second kappa shape index (κ2) is 5.59. The SMILES string of the molecule is Cc1cc(=O)c(C(=O)Nc2ccc(Br)c(Cl)c2)c[nH]1. The van der Waals surface area contributed by atoms with Gasteiger partial charge in [0, 0.05) is 28.1 Å². The van der Waals surface area contributed by atoms with Crippen LogP contribution in [0, 0.1) is 6.92 Å². The molecule has 0 atom stereocenters. The van der Waals surface area contributed by atoms with Crippen LogP contribution in [0.25, 0.3) is 0 Å². The van der Waals surface area contributed by atoms with Crippen molar-refractivity contribution in [3.63, 3.8) is 0 Å². The average molecular weight is 342 g/mol. The lowest BCUT2D eigenvalue weighted by atomic mass is 10.2. The number of anilines is 1. The highest BCUT2D eigenvalue weighted by molar-refractivity contribution is 9.10. The van der Waals surface area contributed by atoms with E-state index in [0.29, 0.717) is 16.4 Å². The average Bonchev–Trinajstić information content (AvgIpc) is 2.33. The third-order valence-electron chi connectivity index (χ3n) is 2.48. The minimum absolute atomic E-state index is 0.0599. The van der Waals surface area contributed by atoms with Gasteiger partial charge in [-0.05, 0) is 41.1 Å². The lowest BCUT2D eigenvalue weighted by molar-refractivity contribution is 0.102. The summed E-state index contributed by atoms with van der Waals surface area (Å²) in [6, 6.07) is 6.39. The van der Waals surface area contributed by atoms with Crippen LogP contribution in [0.3, 0.4) is 0 Å². The highest BCUT2D eigenvalue weighted by Crippen LogP contribution is 2.25. The first-order valence-corrected chi connectivity index (χ1v) is 6.60. The predicted octanol–water partition coefficient (Wildman–Crippen LogP) is 3.35. The van der Waals surface area contributed by atoms with E-state index in [0.717, 1.165) is 4.47 Å². The third-order valence-corrected chi connectivity index (χ3v) is 3.71. The molecule has 0 aliphatic heterocycles. The Labute approximate surface area is 122 Å². The first-order valence-electron chi connectivity index (χ1n) is 5.43.